The standard InChI is InChI=1S/C18H18ClN3O5/c1-11(18-20-4-2-5-21-18)27-15-7-12-9-26-10-16(23)22(6-3-17(24)25)14(12)8-13(15)19/h2,4-5,7-8,11H,3,6,9-10H2,1H3,(H,24,25)/t11-/m1/s1. The maximum absolute atomic E-state index is 12.3. The fraction of sp³-hybridized carbons (Fsp3) is 0.333. The van der Waals surface area contributed by atoms with Crippen molar-refractivity contribution in [1.29, 1.82) is 0 Å². The second kappa shape index (κ2) is 8.32. The molecule has 142 valence electrons. The first-order valence-electron chi connectivity index (χ1n) is 8.31. The van der Waals surface area contributed by atoms with Gasteiger partial charge in [0.15, 0.2) is 11.9 Å². The summed E-state index contributed by atoms with van der Waals surface area (Å²) < 4.78 is 11.3. The SMILES string of the molecule is C[C@@H](Oc1cc2c(cc1Cl)N(CCC(=O)O)C(=O)COC2)c1ncccn1. The summed E-state index contributed by atoms with van der Waals surface area (Å²) in [7, 11) is 0. The van der Waals surface area contributed by atoms with Crippen LogP contribution in [0.2, 0.25) is 5.02 Å². The summed E-state index contributed by atoms with van der Waals surface area (Å²) in [6, 6.07) is 5.01. The lowest BCUT2D eigenvalue weighted by atomic mass is 10.1. The number of carbonyl (C=O) groups is 2. The lowest BCUT2D eigenvalue weighted by Crippen LogP contribution is -2.34. The lowest BCUT2D eigenvalue weighted by Gasteiger charge is -2.23. The number of amides is 1. The molecule has 1 amide bonds. The molecule has 0 unspecified atom stereocenters. The number of carboxylic acid groups (broad SMARTS) is 1. The molecule has 1 N–H and O–H groups in total. The molecule has 3 rings (SSSR count). The molecule has 0 aliphatic carbocycles. The van der Waals surface area contributed by atoms with Crippen molar-refractivity contribution in [2.45, 2.75) is 26.1 Å². The zero-order valence-electron chi connectivity index (χ0n) is 14.6. The van der Waals surface area contributed by atoms with Gasteiger partial charge in [0.05, 0.1) is 23.7 Å². The number of halogens is 1. The number of ether oxygens (including phenoxy) is 2. The van der Waals surface area contributed by atoms with E-state index in [9.17, 15) is 9.59 Å². The molecular formula is C18H18ClN3O5. The van der Waals surface area contributed by atoms with Crippen LogP contribution in [0.25, 0.3) is 0 Å². The summed E-state index contributed by atoms with van der Waals surface area (Å²) in [5, 5.41) is 9.23. The van der Waals surface area contributed by atoms with Gasteiger partial charge in [0.2, 0.25) is 0 Å². The summed E-state index contributed by atoms with van der Waals surface area (Å²) in [5.74, 6) is -0.382. The fourth-order valence-electron chi connectivity index (χ4n) is 2.72. The zero-order valence-corrected chi connectivity index (χ0v) is 15.3. The maximum atomic E-state index is 12.3. The fourth-order valence-corrected chi connectivity index (χ4v) is 2.92. The minimum Gasteiger partial charge on any atom is -0.481 e. The molecule has 0 fully saturated rings. The third-order valence-corrected chi connectivity index (χ3v) is 4.31. The number of rotatable bonds is 6. The van der Waals surface area contributed by atoms with Crippen LogP contribution in [0.3, 0.4) is 0 Å². The molecule has 1 atom stereocenters. The molecule has 27 heavy (non-hydrogen) atoms. The van der Waals surface area contributed by atoms with Crippen molar-refractivity contribution in [2.75, 3.05) is 18.1 Å². The highest BCUT2D eigenvalue weighted by atomic mass is 35.5. The molecule has 9 heteroatoms. The van der Waals surface area contributed by atoms with E-state index < -0.39 is 12.1 Å². The number of benzene rings is 1. The Bertz CT molecular complexity index is 846. The van der Waals surface area contributed by atoms with Crippen LogP contribution in [0.1, 0.15) is 30.8 Å². The van der Waals surface area contributed by atoms with Crippen molar-refractivity contribution in [3.05, 3.63) is 47.0 Å². The average Bonchev–Trinajstić information content (AvgIpc) is 2.79. The molecule has 2 heterocycles. The van der Waals surface area contributed by atoms with E-state index in [0.717, 1.165) is 0 Å². The Labute approximate surface area is 160 Å². The van der Waals surface area contributed by atoms with Crippen molar-refractivity contribution >= 4 is 29.2 Å². The highest BCUT2D eigenvalue weighted by molar-refractivity contribution is 6.32. The number of hydrogen-bond acceptors (Lipinski definition) is 6. The predicted octanol–water partition coefficient (Wildman–Crippen LogP) is 2.61. The summed E-state index contributed by atoms with van der Waals surface area (Å²) in [6.07, 6.45) is 2.64. The second-order valence-electron chi connectivity index (χ2n) is 5.96. The van der Waals surface area contributed by atoms with Crippen molar-refractivity contribution in [3.8, 4) is 5.75 Å². The molecule has 0 radical (unpaired) electrons. The first-order chi connectivity index (χ1) is 13.0. The van der Waals surface area contributed by atoms with E-state index in [4.69, 9.17) is 26.2 Å². The van der Waals surface area contributed by atoms with Crippen molar-refractivity contribution in [1.82, 2.24) is 9.97 Å². The highest BCUT2D eigenvalue weighted by Crippen LogP contribution is 2.36. The van der Waals surface area contributed by atoms with Crippen LogP contribution in [0.5, 0.6) is 5.75 Å². The quantitative estimate of drug-likeness (QED) is 0.807. The van der Waals surface area contributed by atoms with Crippen LogP contribution in [-0.4, -0.2) is 40.1 Å². The van der Waals surface area contributed by atoms with Gasteiger partial charge in [-0.15, -0.1) is 0 Å². The first kappa shape index (κ1) is 19.1. The molecule has 1 aliphatic heterocycles. The van der Waals surface area contributed by atoms with E-state index in [1.54, 1.807) is 37.5 Å². The summed E-state index contributed by atoms with van der Waals surface area (Å²) in [6.45, 7) is 1.90. The van der Waals surface area contributed by atoms with E-state index in [2.05, 4.69) is 9.97 Å². The van der Waals surface area contributed by atoms with E-state index in [1.807, 2.05) is 0 Å². The number of carboxylic acids is 1. The van der Waals surface area contributed by atoms with Crippen LogP contribution < -0.4 is 9.64 Å². The van der Waals surface area contributed by atoms with Gasteiger partial charge in [0.25, 0.3) is 5.91 Å². The molecule has 0 saturated heterocycles. The van der Waals surface area contributed by atoms with E-state index in [1.165, 1.54) is 4.90 Å². The van der Waals surface area contributed by atoms with Crippen molar-refractivity contribution in [2.24, 2.45) is 0 Å². The molecule has 1 aromatic heterocycles. The lowest BCUT2D eigenvalue weighted by molar-refractivity contribution is -0.136. The third-order valence-electron chi connectivity index (χ3n) is 4.01. The Morgan fingerprint density at radius 1 is 1.37 bits per heavy atom. The average molecular weight is 392 g/mol. The number of fused-ring (bicyclic) bond motifs is 1. The molecule has 0 bridgehead atoms. The first-order valence-corrected chi connectivity index (χ1v) is 8.69. The normalized spacial score (nSPS) is 15.0. The molecule has 2 aromatic rings. The molecule has 0 saturated carbocycles. The smallest absolute Gasteiger partial charge is 0.305 e. The number of nitrogens with zero attached hydrogens (tertiary/aromatic N) is 3. The summed E-state index contributed by atoms with van der Waals surface area (Å²) in [5.41, 5.74) is 1.21. The minimum atomic E-state index is -0.989. The van der Waals surface area contributed by atoms with Gasteiger partial charge >= 0.3 is 5.97 Å². The summed E-state index contributed by atoms with van der Waals surface area (Å²) in [4.78, 5) is 32.9. The number of aliphatic carboxylic acids is 1. The Hall–Kier alpha value is -2.71. The topological polar surface area (TPSA) is 102 Å². The van der Waals surface area contributed by atoms with Crippen molar-refractivity contribution in [3.63, 3.8) is 0 Å². The van der Waals surface area contributed by atoms with E-state index >= 15 is 0 Å². The van der Waals surface area contributed by atoms with Crippen LogP contribution >= 0.6 is 11.6 Å². The van der Waals surface area contributed by atoms with Gasteiger partial charge in [-0.1, -0.05) is 11.6 Å². The number of anilines is 1. The predicted molar refractivity (Wildman–Crippen MR) is 96.8 cm³/mol. The van der Waals surface area contributed by atoms with Gasteiger partial charge in [-0.25, -0.2) is 9.97 Å². The molecule has 0 spiro atoms. The number of aromatic nitrogens is 2. The molecular weight excluding hydrogens is 374 g/mol. The Morgan fingerprint density at radius 3 is 2.81 bits per heavy atom. The van der Waals surface area contributed by atoms with Gasteiger partial charge in [0, 0.05) is 24.5 Å². The van der Waals surface area contributed by atoms with Crippen LogP contribution in [0.15, 0.2) is 30.6 Å². The number of carbonyl (C=O) groups excluding carboxylic acids is 1. The van der Waals surface area contributed by atoms with Crippen LogP contribution in [-0.2, 0) is 20.9 Å². The van der Waals surface area contributed by atoms with Gasteiger partial charge in [0.1, 0.15) is 12.4 Å². The van der Waals surface area contributed by atoms with Crippen LogP contribution in [0.4, 0.5) is 5.69 Å². The van der Waals surface area contributed by atoms with Gasteiger partial charge < -0.3 is 19.5 Å². The minimum absolute atomic E-state index is 0.0370. The van der Waals surface area contributed by atoms with Crippen LogP contribution in [0, 0.1) is 0 Å². The number of hydrogen-bond donors (Lipinski definition) is 1. The molecule has 8 nitrogen and oxygen atoms in total. The molecule has 1 aliphatic rings. The van der Waals surface area contributed by atoms with E-state index in [0.29, 0.717) is 27.8 Å². The Morgan fingerprint density at radius 2 is 2.11 bits per heavy atom. The van der Waals surface area contributed by atoms with Gasteiger partial charge in [-0.05, 0) is 25.1 Å². The Balaban J connectivity index is 1.88. The van der Waals surface area contributed by atoms with Gasteiger partial charge in [-0.3, -0.25) is 9.59 Å². The largest absolute Gasteiger partial charge is 0.481 e. The van der Waals surface area contributed by atoms with Crippen molar-refractivity contribution < 1.29 is 24.2 Å². The highest BCUT2D eigenvalue weighted by Gasteiger charge is 2.25. The van der Waals surface area contributed by atoms with Gasteiger partial charge in [-0.2, -0.15) is 0 Å². The zero-order chi connectivity index (χ0) is 19.4. The summed E-state index contributed by atoms with van der Waals surface area (Å²) >= 11 is 6.36. The molecule has 1 aromatic carbocycles. The monoisotopic (exact) mass is 391 g/mol. The maximum Gasteiger partial charge on any atom is 0.305 e. The van der Waals surface area contributed by atoms with E-state index in [-0.39, 0.29) is 32.1 Å². The Kier molecular flexibility index (Phi) is 5.88. The third kappa shape index (κ3) is 4.53. The second-order valence-corrected chi connectivity index (χ2v) is 6.37.